The Bertz CT molecular complexity index is 889. The van der Waals surface area contributed by atoms with Gasteiger partial charge >= 0.3 is 0 Å². The smallest absolute Gasteiger partial charge is 0.269 e. The molecule has 0 aliphatic rings. The van der Waals surface area contributed by atoms with Gasteiger partial charge in [-0.05, 0) is 58.7 Å². The van der Waals surface area contributed by atoms with Gasteiger partial charge in [-0.25, -0.2) is 4.68 Å². The maximum absolute atomic E-state index is 12.1. The van der Waals surface area contributed by atoms with Crippen molar-refractivity contribution in [2.24, 2.45) is 0 Å². The number of nitrogens with zero attached hydrogens (tertiary/aromatic N) is 4. The topological polar surface area (TPSA) is 102 Å². The molecule has 2 aromatic carbocycles. The van der Waals surface area contributed by atoms with Crippen LogP contribution in [0.25, 0.3) is 5.69 Å². The lowest BCUT2D eigenvalue weighted by Crippen LogP contribution is -2.41. The van der Waals surface area contributed by atoms with Crippen molar-refractivity contribution in [1.29, 1.82) is 0 Å². The van der Waals surface area contributed by atoms with Gasteiger partial charge in [0, 0.05) is 12.0 Å². The van der Waals surface area contributed by atoms with Gasteiger partial charge in [-0.1, -0.05) is 31.2 Å². The molecule has 8 nitrogen and oxygen atoms in total. The van der Waals surface area contributed by atoms with E-state index in [2.05, 4.69) is 45.4 Å². The zero-order valence-corrected chi connectivity index (χ0v) is 14.9. The molecule has 1 heterocycles. The monoisotopic (exact) mass is 364 g/mol. The average Bonchev–Trinajstić information content (AvgIpc) is 3.26. The number of amides is 2. The molecule has 0 unspecified atom stereocenters. The lowest BCUT2D eigenvalue weighted by molar-refractivity contribution is -0.121. The predicted octanol–water partition coefficient (Wildman–Crippen LogP) is 1.62. The van der Waals surface area contributed by atoms with Crippen LogP contribution in [0.15, 0.2) is 54.9 Å². The van der Waals surface area contributed by atoms with E-state index in [1.165, 1.54) is 16.6 Å². The standard InChI is InChI=1S/C19H20N6O2/c1-2-14-3-5-15(6-4-14)7-12-18(26)21-22-19(27)16-8-10-17(11-9-16)25-13-20-23-24-25/h3-6,8-11,13H,2,7,12H2,1H3,(H,21,26)(H,22,27). The summed E-state index contributed by atoms with van der Waals surface area (Å²) < 4.78 is 1.48. The van der Waals surface area contributed by atoms with Crippen molar-refractivity contribution < 1.29 is 9.59 Å². The van der Waals surface area contributed by atoms with Crippen LogP contribution in [-0.4, -0.2) is 32.0 Å². The fourth-order valence-electron chi connectivity index (χ4n) is 2.51. The Kier molecular flexibility index (Phi) is 5.88. The van der Waals surface area contributed by atoms with Gasteiger partial charge < -0.3 is 0 Å². The summed E-state index contributed by atoms with van der Waals surface area (Å²) in [5, 5.41) is 10.9. The van der Waals surface area contributed by atoms with Crippen LogP contribution in [0.4, 0.5) is 0 Å². The van der Waals surface area contributed by atoms with Crippen LogP contribution in [0.2, 0.25) is 0 Å². The fraction of sp³-hybridized carbons (Fsp3) is 0.211. The Balaban J connectivity index is 1.45. The lowest BCUT2D eigenvalue weighted by Gasteiger charge is -2.08. The molecule has 0 radical (unpaired) electrons. The van der Waals surface area contributed by atoms with Crippen LogP contribution >= 0.6 is 0 Å². The van der Waals surface area contributed by atoms with E-state index in [-0.39, 0.29) is 11.8 Å². The van der Waals surface area contributed by atoms with Crippen molar-refractivity contribution in [1.82, 2.24) is 31.1 Å². The predicted molar refractivity (Wildman–Crippen MR) is 98.9 cm³/mol. The lowest BCUT2D eigenvalue weighted by atomic mass is 10.1. The molecular weight excluding hydrogens is 344 g/mol. The number of carbonyl (C=O) groups is 2. The molecule has 2 amide bonds. The SMILES string of the molecule is CCc1ccc(CCC(=O)NNC(=O)c2ccc(-n3cnnn3)cc2)cc1. The highest BCUT2D eigenvalue weighted by molar-refractivity contribution is 5.95. The summed E-state index contributed by atoms with van der Waals surface area (Å²) in [5.74, 6) is -0.632. The number of carbonyl (C=O) groups excluding carboxylic acids is 2. The second-order valence-corrected chi connectivity index (χ2v) is 5.97. The third-order valence-electron chi connectivity index (χ3n) is 4.13. The number of nitrogens with one attached hydrogen (secondary N) is 2. The maximum Gasteiger partial charge on any atom is 0.269 e. The molecule has 3 rings (SSSR count). The van der Waals surface area contributed by atoms with Gasteiger partial charge in [0.05, 0.1) is 5.69 Å². The van der Waals surface area contributed by atoms with Crippen molar-refractivity contribution in [3.05, 3.63) is 71.5 Å². The van der Waals surface area contributed by atoms with Crippen LogP contribution in [0, 0.1) is 0 Å². The highest BCUT2D eigenvalue weighted by atomic mass is 16.2. The highest BCUT2D eigenvalue weighted by Crippen LogP contribution is 2.08. The van der Waals surface area contributed by atoms with Crippen molar-refractivity contribution in [3.8, 4) is 5.69 Å². The molecule has 2 N–H and O–H groups in total. The molecule has 0 bridgehead atoms. The van der Waals surface area contributed by atoms with E-state index >= 15 is 0 Å². The van der Waals surface area contributed by atoms with Crippen LogP contribution in [0.3, 0.4) is 0 Å². The highest BCUT2D eigenvalue weighted by Gasteiger charge is 2.08. The van der Waals surface area contributed by atoms with E-state index in [0.29, 0.717) is 18.4 Å². The quantitative estimate of drug-likeness (QED) is 0.647. The molecule has 3 aromatic rings. The van der Waals surface area contributed by atoms with Crippen molar-refractivity contribution in [2.45, 2.75) is 26.2 Å². The summed E-state index contributed by atoms with van der Waals surface area (Å²) in [5.41, 5.74) is 8.37. The van der Waals surface area contributed by atoms with Gasteiger partial charge in [0.1, 0.15) is 6.33 Å². The molecule has 1 aromatic heterocycles. The summed E-state index contributed by atoms with van der Waals surface area (Å²) in [4.78, 5) is 24.1. The van der Waals surface area contributed by atoms with Gasteiger partial charge in [0.25, 0.3) is 5.91 Å². The minimum atomic E-state index is -0.390. The summed E-state index contributed by atoms with van der Waals surface area (Å²) in [6.45, 7) is 2.10. The van der Waals surface area contributed by atoms with Gasteiger partial charge in [-0.15, -0.1) is 5.10 Å². The first kappa shape index (κ1) is 18.2. The minimum Gasteiger partial charge on any atom is -0.273 e. The van der Waals surface area contributed by atoms with Crippen molar-refractivity contribution in [2.75, 3.05) is 0 Å². The Morgan fingerprint density at radius 3 is 2.30 bits per heavy atom. The van der Waals surface area contributed by atoms with Gasteiger partial charge in [-0.3, -0.25) is 20.4 Å². The average molecular weight is 364 g/mol. The van der Waals surface area contributed by atoms with Gasteiger partial charge in [0.2, 0.25) is 5.91 Å². The van der Waals surface area contributed by atoms with E-state index in [4.69, 9.17) is 0 Å². The number of aryl methyl sites for hydroxylation is 2. The first-order chi connectivity index (χ1) is 13.2. The molecule has 0 aliphatic heterocycles. The Labute approximate surface area is 156 Å². The molecule has 0 saturated heterocycles. The number of benzene rings is 2. The van der Waals surface area contributed by atoms with Gasteiger partial charge in [-0.2, -0.15) is 0 Å². The van der Waals surface area contributed by atoms with Crippen LogP contribution in [0.1, 0.15) is 34.8 Å². The molecule has 0 fully saturated rings. The number of rotatable bonds is 6. The van der Waals surface area contributed by atoms with Crippen LogP contribution < -0.4 is 10.9 Å². The third-order valence-corrected chi connectivity index (χ3v) is 4.13. The van der Waals surface area contributed by atoms with Crippen molar-refractivity contribution >= 4 is 11.8 Å². The van der Waals surface area contributed by atoms with Gasteiger partial charge in [0.15, 0.2) is 0 Å². The number of tetrazole rings is 1. The van der Waals surface area contributed by atoms with E-state index < -0.39 is 0 Å². The van der Waals surface area contributed by atoms with E-state index in [9.17, 15) is 9.59 Å². The molecular formula is C19H20N6O2. The largest absolute Gasteiger partial charge is 0.273 e. The number of hydrogen-bond acceptors (Lipinski definition) is 5. The molecule has 0 aliphatic carbocycles. The Morgan fingerprint density at radius 1 is 0.963 bits per heavy atom. The number of hydrazine groups is 1. The van der Waals surface area contributed by atoms with E-state index in [0.717, 1.165) is 17.7 Å². The summed E-state index contributed by atoms with van der Waals surface area (Å²) in [6.07, 6.45) is 3.37. The second-order valence-electron chi connectivity index (χ2n) is 5.97. The zero-order valence-electron chi connectivity index (χ0n) is 14.9. The van der Waals surface area contributed by atoms with E-state index in [1.54, 1.807) is 24.3 Å². The Morgan fingerprint density at radius 2 is 1.67 bits per heavy atom. The maximum atomic E-state index is 12.1. The molecule has 0 saturated carbocycles. The second kappa shape index (κ2) is 8.70. The fourth-order valence-corrected chi connectivity index (χ4v) is 2.51. The summed E-state index contributed by atoms with van der Waals surface area (Å²) in [6, 6.07) is 14.9. The molecule has 27 heavy (non-hydrogen) atoms. The molecule has 8 heteroatoms. The van der Waals surface area contributed by atoms with Crippen LogP contribution in [-0.2, 0) is 17.6 Å². The first-order valence-electron chi connectivity index (χ1n) is 8.66. The number of aromatic nitrogens is 4. The molecule has 138 valence electrons. The van der Waals surface area contributed by atoms with Crippen LogP contribution in [0.5, 0.6) is 0 Å². The molecule has 0 atom stereocenters. The van der Waals surface area contributed by atoms with Crippen molar-refractivity contribution in [3.63, 3.8) is 0 Å². The third kappa shape index (κ3) is 4.97. The number of hydrogen-bond donors (Lipinski definition) is 2. The summed E-state index contributed by atoms with van der Waals surface area (Å²) in [7, 11) is 0. The Hall–Kier alpha value is -3.55. The zero-order chi connectivity index (χ0) is 19.1. The normalized spacial score (nSPS) is 10.4. The molecule has 0 spiro atoms. The first-order valence-corrected chi connectivity index (χ1v) is 8.66. The summed E-state index contributed by atoms with van der Waals surface area (Å²) >= 11 is 0. The minimum absolute atomic E-state index is 0.242. The van der Waals surface area contributed by atoms with E-state index in [1.807, 2.05) is 12.1 Å².